The number of ether oxygens (including phenoxy) is 1. The Morgan fingerprint density at radius 2 is 2.00 bits per heavy atom. The lowest BCUT2D eigenvalue weighted by atomic mass is 10.2. The number of rotatable bonds is 8. The van der Waals surface area contributed by atoms with Gasteiger partial charge in [-0.2, -0.15) is 0 Å². The molecule has 0 radical (unpaired) electrons. The van der Waals surface area contributed by atoms with Crippen molar-refractivity contribution in [2.45, 2.75) is 19.6 Å². The van der Waals surface area contributed by atoms with E-state index in [9.17, 15) is 14.3 Å². The van der Waals surface area contributed by atoms with Gasteiger partial charge < -0.3 is 15.2 Å². The van der Waals surface area contributed by atoms with Crippen molar-refractivity contribution >= 4 is 11.6 Å². The molecule has 6 heteroatoms. The predicted octanol–water partition coefficient (Wildman–Crippen LogP) is 2.66. The highest BCUT2D eigenvalue weighted by molar-refractivity contribution is 5.88. The van der Waals surface area contributed by atoms with E-state index in [2.05, 4.69) is 5.32 Å². The molecule has 0 aliphatic carbocycles. The number of aliphatic hydroxyl groups excluding tert-OH is 1. The first-order chi connectivity index (χ1) is 11.9. The molecule has 0 spiro atoms. The zero-order chi connectivity index (χ0) is 18.2. The minimum Gasteiger partial charge on any atom is -0.491 e. The molecule has 0 aliphatic heterocycles. The van der Waals surface area contributed by atoms with Crippen molar-refractivity contribution in [2.24, 2.45) is 0 Å². The number of nitrogens with one attached hydrogen (secondary N) is 1. The molecule has 2 rings (SSSR count). The van der Waals surface area contributed by atoms with Gasteiger partial charge in [0, 0.05) is 25.7 Å². The number of halogens is 1. The van der Waals surface area contributed by atoms with Crippen LogP contribution in [0.3, 0.4) is 0 Å². The maximum absolute atomic E-state index is 13.2. The SMILES string of the molecule is CC(=O)Nc1ccc(OCC(O)CN(C)Cc2cccc(F)c2)cc1. The third-order valence-corrected chi connectivity index (χ3v) is 3.48. The van der Waals surface area contributed by atoms with Gasteiger partial charge in [0.1, 0.15) is 24.3 Å². The van der Waals surface area contributed by atoms with E-state index in [4.69, 9.17) is 4.74 Å². The first-order valence-electron chi connectivity index (χ1n) is 8.04. The van der Waals surface area contributed by atoms with Gasteiger partial charge in [-0.25, -0.2) is 4.39 Å². The highest BCUT2D eigenvalue weighted by Crippen LogP contribution is 2.16. The highest BCUT2D eigenvalue weighted by Gasteiger charge is 2.10. The molecule has 134 valence electrons. The maximum Gasteiger partial charge on any atom is 0.221 e. The van der Waals surface area contributed by atoms with Gasteiger partial charge in [0.15, 0.2) is 0 Å². The minimum absolute atomic E-state index is 0.134. The van der Waals surface area contributed by atoms with Crippen molar-refractivity contribution < 1.29 is 19.0 Å². The number of amides is 1. The van der Waals surface area contributed by atoms with Crippen molar-refractivity contribution in [1.29, 1.82) is 0 Å². The molecule has 2 N–H and O–H groups in total. The first-order valence-corrected chi connectivity index (χ1v) is 8.04. The van der Waals surface area contributed by atoms with Gasteiger partial charge in [-0.1, -0.05) is 12.1 Å². The van der Waals surface area contributed by atoms with Crippen LogP contribution in [-0.2, 0) is 11.3 Å². The Morgan fingerprint density at radius 1 is 1.28 bits per heavy atom. The monoisotopic (exact) mass is 346 g/mol. The van der Waals surface area contributed by atoms with E-state index < -0.39 is 6.10 Å². The zero-order valence-corrected chi connectivity index (χ0v) is 14.4. The molecule has 0 heterocycles. The molecule has 1 unspecified atom stereocenters. The summed E-state index contributed by atoms with van der Waals surface area (Å²) >= 11 is 0. The summed E-state index contributed by atoms with van der Waals surface area (Å²) in [6.45, 7) is 2.54. The number of benzene rings is 2. The van der Waals surface area contributed by atoms with Crippen LogP contribution < -0.4 is 10.1 Å². The van der Waals surface area contributed by atoms with Crippen LogP contribution >= 0.6 is 0 Å². The molecule has 5 nitrogen and oxygen atoms in total. The van der Waals surface area contributed by atoms with Gasteiger partial charge in [0.05, 0.1) is 0 Å². The van der Waals surface area contributed by atoms with Crippen LogP contribution in [0.4, 0.5) is 10.1 Å². The Morgan fingerprint density at radius 3 is 2.64 bits per heavy atom. The fourth-order valence-corrected chi connectivity index (χ4v) is 2.45. The van der Waals surface area contributed by atoms with E-state index in [1.807, 2.05) is 18.0 Å². The summed E-state index contributed by atoms with van der Waals surface area (Å²) in [7, 11) is 1.86. The quantitative estimate of drug-likeness (QED) is 0.771. The fourth-order valence-electron chi connectivity index (χ4n) is 2.45. The van der Waals surface area contributed by atoms with Gasteiger partial charge in [0.25, 0.3) is 0 Å². The summed E-state index contributed by atoms with van der Waals surface area (Å²) in [5, 5.41) is 12.8. The van der Waals surface area contributed by atoms with Gasteiger partial charge in [-0.15, -0.1) is 0 Å². The molecule has 0 saturated heterocycles. The summed E-state index contributed by atoms with van der Waals surface area (Å²) in [5.74, 6) is 0.212. The Kier molecular flexibility index (Phi) is 6.91. The van der Waals surface area contributed by atoms with Crippen LogP contribution in [0.15, 0.2) is 48.5 Å². The van der Waals surface area contributed by atoms with Gasteiger partial charge in [0.2, 0.25) is 5.91 Å². The van der Waals surface area contributed by atoms with E-state index in [1.54, 1.807) is 30.3 Å². The molecule has 1 atom stereocenters. The summed E-state index contributed by atoms with van der Waals surface area (Å²) in [6, 6.07) is 13.3. The van der Waals surface area contributed by atoms with E-state index in [0.29, 0.717) is 24.5 Å². The van der Waals surface area contributed by atoms with Crippen LogP contribution in [-0.4, -0.2) is 42.2 Å². The van der Waals surface area contributed by atoms with Crippen molar-refractivity contribution in [3.8, 4) is 5.75 Å². The topological polar surface area (TPSA) is 61.8 Å². The maximum atomic E-state index is 13.2. The molecular formula is C19H23FN2O3. The summed E-state index contributed by atoms with van der Waals surface area (Å²) in [5.41, 5.74) is 1.54. The van der Waals surface area contributed by atoms with Crippen molar-refractivity contribution in [3.05, 3.63) is 59.9 Å². The van der Waals surface area contributed by atoms with E-state index >= 15 is 0 Å². The Bertz CT molecular complexity index is 691. The number of likely N-dealkylation sites (N-methyl/N-ethyl adjacent to an activating group) is 1. The number of anilines is 1. The Labute approximate surface area is 147 Å². The number of carbonyl (C=O) groups is 1. The van der Waals surface area contributed by atoms with Crippen molar-refractivity contribution in [2.75, 3.05) is 25.5 Å². The molecule has 0 aliphatic rings. The van der Waals surface area contributed by atoms with Crippen LogP contribution in [0.25, 0.3) is 0 Å². The van der Waals surface area contributed by atoms with Crippen molar-refractivity contribution in [1.82, 2.24) is 4.90 Å². The average molecular weight is 346 g/mol. The second-order valence-corrected chi connectivity index (χ2v) is 6.00. The van der Waals surface area contributed by atoms with Crippen molar-refractivity contribution in [3.63, 3.8) is 0 Å². The number of aliphatic hydroxyl groups is 1. The second-order valence-electron chi connectivity index (χ2n) is 6.00. The summed E-state index contributed by atoms with van der Waals surface area (Å²) < 4.78 is 18.7. The van der Waals surface area contributed by atoms with E-state index in [-0.39, 0.29) is 18.3 Å². The average Bonchev–Trinajstić information content (AvgIpc) is 2.53. The lowest BCUT2D eigenvalue weighted by molar-refractivity contribution is -0.114. The molecule has 2 aromatic carbocycles. The van der Waals surface area contributed by atoms with Crippen LogP contribution in [0.2, 0.25) is 0 Å². The van der Waals surface area contributed by atoms with Gasteiger partial charge in [-0.3, -0.25) is 9.69 Å². The second kappa shape index (κ2) is 9.15. The number of hydrogen-bond acceptors (Lipinski definition) is 4. The zero-order valence-electron chi connectivity index (χ0n) is 14.4. The Hall–Kier alpha value is -2.44. The van der Waals surface area contributed by atoms with Crippen LogP contribution in [0.5, 0.6) is 5.75 Å². The van der Waals surface area contributed by atoms with Gasteiger partial charge in [-0.05, 0) is 49.0 Å². The summed E-state index contributed by atoms with van der Waals surface area (Å²) in [6.07, 6.45) is -0.673. The van der Waals surface area contributed by atoms with E-state index in [1.165, 1.54) is 19.1 Å². The molecule has 25 heavy (non-hydrogen) atoms. The molecule has 2 aromatic rings. The highest BCUT2D eigenvalue weighted by atomic mass is 19.1. The van der Waals surface area contributed by atoms with Gasteiger partial charge >= 0.3 is 0 Å². The molecular weight excluding hydrogens is 323 g/mol. The molecule has 0 bridgehead atoms. The lowest BCUT2D eigenvalue weighted by Crippen LogP contribution is -2.32. The Balaban J connectivity index is 1.76. The standard InChI is InChI=1S/C19H23FN2O3/c1-14(23)21-17-6-8-19(9-7-17)25-13-18(24)12-22(2)11-15-4-3-5-16(20)10-15/h3-10,18,24H,11-13H2,1-2H3,(H,21,23). The number of carbonyl (C=O) groups excluding carboxylic acids is 1. The molecule has 0 fully saturated rings. The van der Waals surface area contributed by atoms with Crippen LogP contribution in [0, 0.1) is 5.82 Å². The van der Waals surface area contributed by atoms with Crippen LogP contribution in [0.1, 0.15) is 12.5 Å². The smallest absolute Gasteiger partial charge is 0.221 e. The number of hydrogen-bond donors (Lipinski definition) is 2. The number of nitrogens with zero attached hydrogens (tertiary/aromatic N) is 1. The fraction of sp³-hybridized carbons (Fsp3) is 0.316. The van der Waals surface area contributed by atoms with E-state index in [0.717, 1.165) is 5.56 Å². The normalized spacial score (nSPS) is 12.0. The lowest BCUT2D eigenvalue weighted by Gasteiger charge is -2.21. The molecule has 0 aromatic heterocycles. The third kappa shape index (κ3) is 6.91. The molecule has 0 saturated carbocycles. The summed E-state index contributed by atoms with van der Waals surface area (Å²) in [4.78, 5) is 12.9. The first kappa shape index (κ1) is 18.9. The third-order valence-electron chi connectivity index (χ3n) is 3.48. The largest absolute Gasteiger partial charge is 0.491 e. The minimum atomic E-state index is -0.673. The molecule has 1 amide bonds. The predicted molar refractivity (Wildman–Crippen MR) is 95.0 cm³/mol.